The molecule has 1 N–H and O–H groups in total. The van der Waals surface area contributed by atoms with E-state index in [2.05, 4.69) is 10.1 Å². The number of carbonyl (C=O) groups is 1. The molecule has 1 unspecified atom stereocenters. The molecule has 0 radical (unpaired) electrons. The van der Waals surface area contributed by atoms with Crippen molar-refractivity contribution >= 4 is 28.6 Å². The molecule has 1 aliphatic heterocycles. The lowest BCUT2D eigenvalue weighted by atomic mass is 10.3. The molecule has 1 saturated heterocycles. The fourth-order valence-corrected chi connectivity index (χ4v) is 3.34. The van der Waals surface area contributed by atoms with E-state index >= 15 is 0 Å². The van der Waals surface area contributed by atoms with Crippen molar-refractivity contribution in [3.8, 4) is 0 Å². The first-order valence-electron chi connectivity index (χ1n) is 5.90. The van der Waals surface area contributed by atoms with Crippen molar-refractivity contribution in [1.82, 2.24) is 13.9 Å². The average Bonchev–Trinajstić information content (AvgIpc) is 2.35. The van der Waals surface area contributed by atoms with E-state index in [9.17, 15) is 13.2 Å². The summed E-state index contributed by atoms with van der Waals surface area (Å²) in [6.07, 6.45) is 0.0622. The lowest BCUT2D eigenvalue weighted by molar-refractivity contribution is -0.140. The fourth-order valence-electron chi connectivity index (χ4n) is 1.81. The third-order valence-electron chi connectivity index (χ3n) is 2.99. The van der Waals surface area contributed by atoms with Crippen LogP contribution >= 0.6 is 12.4 Å². The topological polar surface area (TPSA) is 79.0 Å². The molecule has 1 heterocycles. The lowest BCUT2D eigenvalue weighted by Crippen LogP contribution is -2.55. The van der Waals surface area contributed by atoms with Crippen LogP contribution in [0.4, 0.5) is 0 Å². The number of hydrogen-bond donors (Lipinski definition) is 1. The van der Waals surface area contributed by atoms with Gasteiger partial charge in [0.15, 0.2) is 0 Å². The molecule has 114 valence electrons. The van der Waals surface area contributed by atoms with Gasteiger partial charge in [-0.25, -0.2) is 0 Å². The minimum atomic E-state index is -3.50. The zero-order chi connectivity index (χ0) is 13.8. The van der Waals surface area contributed by atoms with Gasteiger partial charge in [-0.3, -0.25) is 4.79 Å². The molecule has 0 aromatic heterocycles. The van der Waals surface area contributed by atoms with Crippen molar-refractivity contribution in [2.24, 2.45) is 0 Å². The van der Waals surface area contributed by atoms with Crippen LogP contribution in [0, 0.1) is 0 Å². The number of rotatable bonds is 5. The lowest BCUT2D eigenvalue weighted by Gasteiger charge is -2.35. The summed E-state index contributed by atoms with van der Waals surface area (Å²) in [5.41, 5.74) is 0. The summed E-state index contributed by atoms with van der Waals surface area (Å²) in [6, 6.07) is -0.0793. The van der Waals surface area contributed by atoms with Crippen LogP contribution in [0.2, 0.25) is 0 Å². The monoisotopic (exact) mass is 315 g/mol. The number of hydrogen-bond acceptors (Lipinski definition) is 5. The number of nitrogens with one attached hydrogen (secondary N) is 1. The van der Waals surface area contributed by atoms with Crippen molar-refractivity contribution in [3.05, 3.63) is 0 Å². The van der Waals surface area contributed by atoms with E-state index in [1.165, 1.54) is 22.8 Å². The van der Waals surface area contributed by atoms with Gasteiger partial charge in [-0.15, -0.1) is 12.4 Å². The van der Waals surface area contributed by atoms with E-state index < -0.39 is 16.2 Å². The first-order chi connectivity index (χ1) is 8.39. The number of ether oxygens (including phenoxy) is 1. The second kappa shape index (κ2) is 8.01. The summed E-state index contributed by atoms with van der Waals surface area (Å²) in [7, 11) is -0.730. The van der Waals surface area contributed by atoms with Gasteiger partial charge < -0.3 is 10.1 Å². The van der Waals surface area contributed by atoms with Crippen molar-refractivity contribution in [2.45, 2.75) is 19.4 Å². The molecular formula is C10H22ClN3O4S. The Hall–Kier alpha value is -0.410. The Bertz CT molecular complexity index is 390. The predicted molar refractivity (Wildman–Crippen MR) is 74.5 cm³/mol. The van der Waals surface area contributed by atoms with Crippen LogP contribution in [-0.2, 0) is 19.7 Å². The molecule has 0 saturated carbocycles. The molecule has 0 aliphatic carbocycles. The number of carbonyl (C=O) groups excluding carboxylic acids is 1. The molecule has 0 amide bonds. The Morgan fingerprint density at radius 3 is 2.68 bits per heavy atom. The molecular weight excluding hydrogens is 294 g/mol. The molecule has 0 aromatic carbocycles. The van der Waals surface area contributed by atoms with Gasteiger partial charge >= 0.3 is 5.97 Å². The third kappa shape index (κ3) is 4.88. The maximum absolute atomic E-state index is 12.3. The quantitative estimate of drug-likeness (QED) is 0.688. The molecule has 19 heavy (non-hydrogen) atoms. The van der Waals surface area contributed by atoms with E-state index in [0.29, 0.717) is 19.6 Å². The largest absolute Gasteiger partial charge is 0.469 e. The second-order valence-corrected chi connectivity index (χ2v) is 6.31. The van der Waals surface area contributed by atoms with Crippen molar-refractivity contribution in [2.75, 3.05) is 40.3 Å². The van der Waals surface area contributed by atoms with Crippen LogP contribution in [0.15, 0.2) is 0 Å². The Balaban J connectivity index is 0.00000324. The average molecular weight is 316 g/mol. The number of nitrogens with zero attached hydrogens (tertiary/aromatic N) is 2. The van der Waals surface area contributed by atoms with Crippen LogP contribution < -0.4 is 5.32 Å². The number of piperazine rings is 1. The molecule has 0 spiro atoms. The number of esters is 1. The van der Waals surface area contributed by atoms with Crippen molar-refractivity contribution in [3.63, 3.8) is 0 Å². The smallest absolute Gasteiger partial charge is 0.306 e. The standard InChI is InChI=1S/C10H21N3O4S.ClH/c1-9-8-11-5-7-13(9)18(15,16)12(2)6-4-10(14)17-3;/h9,11H,4-8H2,1-3H3;1H. The molecule has 0 aromatic rings. The van der Waals surface area contributed by atoms with Crippen LogP contribution in [0.5, 0.6) is 0 Å². The van der Waals surface area contributed by atoms with Gasteiger partial charge in [0.2, 0.25) is 0 Å². The first kappa shape index (κ1) is 18.6. The second-order valence-electron chi connectivity index (χ2n) is 4.32. The molecule has 9 heteroatoms. The van der Waals surface area contributed by atoms with Gasteiger partial charge in [-0.1, -0.05) is 0 Å². The maximum atomic E-state index is 12.3. The van der Waals surface area contributed by atoms with Gasteiger partial charge in [0.1, 0.15) is 0 Å². The number of methoxy groups -OCH3 is 1. The highest BCUT2D eigenvalue weighted by Crippen LogP contribution is 2.13. The Morgan fingerprint density at radius 2 is 2.16 bits per heavy atom. The zero-order valence-electron chi connectivity index (χ0n) is 11.5. The molecule has 0 bridgehead atoms. The number of halogens is 1. The third-order valence-corrected chi connectivity index (χ3v) is 5.09. The van der Waals surface area contributed by atoms with E-state index in [1.807, 2.05) is 6.92 Å². The Kier molecular flexibility index (Phi) is 7.83. The van der Waals surface area contributed by atoms with Crippen LogP contribution in [0.25, 0.3) is 0 Å². The minimum absolute atomic E-state index is 0. The summed E-state index contributed by atoms with van der Waals surface area (Å²) >= 11 is 0. The van der Waals surface area contributed by atoms with Gasteiger partial charge in [0.25, 0.3) is 10.2 Å². The Morgan fingerprint density at radius 1 is 1.53 bits per heavy atom. The highest BCUT2D eigenvalue weighted by atomic mass is 35.5. The predicted octanol–water partition coefficient (Wildman–Crippen LogP) is -0.558. The Labute approximate surface area is 120 Å². The highest BCUT2D eigenvalue weighted by Gasteiger charge is 2.32. The van der Waals surface area contributed by atoms with Gasteiger partial charge in [-0.2, -0.15) is 17.0 Å². The van der Waals surface area contributed by atoms with Crippen molar-refractivity contribution < 1.29 is 17.9 Å². The minimum Gasteiger partial charge on any atom is -0.469 e. The van der Waals surface area contributed by atoms with E-state index in [1.54, 1.807) is 0 Å². The van der Waals surface area contributed by atoms with Crippen LogP contribution in [0.3, 0.4) is 0 Å². The van der Waals surface area contributed by atoms with E-state index in [-0.39, 0.29) is 31.4 Å². The van der Waals surface area contributed by atoms with Gasteiger partial charge in [0, 0.05) is 39.3 Å². The SMILES string of the molecule is COC(=O)CCN(C)S(=O)(=O)N1CCNCC1C.Cl. The highest BCUT2D eigenvalue weighted by molar-refractivity contribution is 7.86. The van der Waals surface area contributed by atoms with E-state index in [0.717, 1.165) is 0 Å². The summed E-state index contributed by atoms with van der Waals surface area (Å²) in [5, 5.41) is 3.14. The molecule has 1 rings (SSSR count). The zero-order valence-corrected chi connectivity index (χ0v) is 13.1. The summed E-state index contributed by atoms with van der Waals surface area (Å²) in [4.78, 5) is 11.0. The summed E-state index contributed by atoms with van der Waals surface area (Å²) in [6.45, 7) is 3.73. The van der Waals surface area contributed by atoms with Crippen molar-refractivity contribution in [1.29, 1.82) is 0 Å². The normalized spacial score (nSPS) is 20.9. The fraction of sp³-hybridized carbons (Fsp3) is 0.900. The molecule has 1 aliphatic rings. The van der Waals surface area contributed by atoms with Gasteiger partial charge in [0.05, 0.1) is 13.5 Å². The summed E-state index contributed by atoms with van der Waals surface area (Å²) < 4.78 is 31.7. The van der Waals surface area contributed by atoms with E-state index in [4.69, 9.17) is 0 Å². The molecule has 1 atom stereocenters. The maximum Gasteiger partial charge on any atom is 0.306 e. The molecule has 1 fully saturated rings. The summed E-state index contributed by atoms with van der Waals surface area (Å²) in [5.74, 6) is -0.412. The first-order valence-corrected chi connectivity index (χ1v) is 7.30. The van der Waals surface area contributed by atoms with Crippen LogP contribution in [0.1, 0.15) is 13.3 Å². The van der Waals surface area contributed by atoms with Crippen LogP contribution in [-0.4, -0.2) is 69.4 Å². The molecule has 7 nitrogen and oxygen atoms in total. The van der Waals surface area contributed by atoms with Gasteiger partial charge in [-0.05, 0) is 6.92 Å².